The van der Waals surface area contributed by atoms with E-state index >= 15 is 0 Å². The molecule has 96 valence electrons. The summed E-state index contributed by atoms with van der Waals surface area (Å²) in [6.07, 6.45) is 11.6. The van der Waals surface area contributed by atoms with Gasteiger partial charge in [-0.2, -0.15) is 4.37 Å². The quantitative estimate of drug-likeness (QED) is 0.820. The van der Waals surface area contributed by atoms with E-state index < -0.39 is 0 Å². The lowest BCUT2D eigenvalue weighted by Crippen LogP contribution is -2.30. The van der Waals surface area contributed by atoms with Crippen molar-refractivity contribution in [2.45, 2.75) is 32.1 Å². The summed E-state index contributed by atoms with van der Waals surface area (Å²) in [6.45, 7) is 0.723. The second kappa shape index (κ2) is 5.87. The topological polar surface area (TPSA) is 68.0 Å². The van der Waals surface area contributed by atoms with Gasteiger partial charge in [-0.25, -0.2) is 0 Å². The van der Waals surface area contributed by atoms with Crippen LogP contribution in [0.4, 0.5) is 5.82 Å². The molecule has 0 aromatic carbocycles. The Morgan fingerprint density at radius 2 is 2.22 bits per heavy atom. The lowest BCUT2D eigenvalue weighted by atomic mass is 9.89. The monoisotopic (exact) mass is 263 g/mol. The van der Waals surface area contributed by atoms with Gasteiger partial charge in [-0.1, -0.05) is 25.2 Å². The van der Waals surface area contributed by atoms with Crippen LogP contribution in [0.1, 0.15) is 47.3 Å². The number of nitrogen functional groups attached to an aromatic ring is 1. The van der Waals surface area contributed by atoms with Crippen molar-refractivity contribution in [1.29, 1.82) is 0 Å². The van der Waals surface area contributed by atoms with E-state index in [2.05, 4.69) is 15.6 Å². The minimum Gasteiger partial charge on any atom is -0.382 e. The van der Waals surface area contributed by atoms with Gasteiger partial charge in [0.05, 0.1) is 5.56 Å². The molecule has 1 aliphatic rings. The minimum atomic E-state index is -0.150. The fraction of sp³-hybridized carbons (Fsp3) is 0.538. The second-order valence-corrected chi connectivity index (χ2v) is 5.40. The number of amides is 1. The molecular weight excluding hydrogens is 246 g/mol. The molecule has 0 saturated heterocycles. The molecule has 1 aromatic heterocycles. The van der Waals surface area contributed by atoms with E-state index in [9.17, 15) is 4.79 Å². The van der Waals surface area contributed by atoms with Crippen molar-refractivity contribution in [3.05, 3.63) is 10.4 Å². The number of aromatic nitrogens is 1. The molecule has 0 atom stereocenters. The first-order valence-electron chi connectivity index (χ1n) is 6.22. The zero-order chi connectivity index (χ0) is 13.0. The van der Waals surface area contributed by atoms with Crippen LogP contribution in [0.15, 0.2) is 0 Å². The van der Waals surface area contributed by atoms with Crippen molar-refractivity contribution in [1.82, 2.24) is 9.69 Å². The number of carbonyl (C=O) groups is 1. The number of terminal acetylenes is 1. The van der Waals surface area contributed by atoms with Crippen molar-refractivity contribution >= 4 is 23.3 Å². The number of nitrogens with zero attached hydrogens (tertiary/aromatic N) is 1. The van der Waals surface area contributed by atoms with Gasteiger partial charge in [-0.3, -0.25) is 4.79 Å². The van der Waals surface area contributed by atoms with Gasteiger partial charge in [0.2, 0.25) is 0 Å². The first-order valence-corrected chi connectivity index (χ1v) is 6.99. The standard InChI is InChI=1S/C13H17N3OS/c1-2-10-11(18-16-12(10)14)13(17)15-8-9-6-4-3-5-7-9/h1,9H,3-8H2,(H2,14,16)(H,15,17). The summed E-state index contributed by atoms with van der Waals surface area (Å²) in [4.78, 5) is 12.4. The van der Waals surface area contributed by atoms with Gasteiger partial charge in [-0.05, 0) is 30.3 Å². The van der Waals surface area contributed by atoms with Crippen molar-refractivity contribution in [3.8, 4) is 12.3 Å². The minimum absolute atomic E-state index is 0.150. The summed E-state index contributed by atoms with van der Waals surface area (Å²) in [6, 6.07) is 0. The summed E-state index contributed by atoms with van der Waals surface area (Å²) in [5, 5.41) is 2.94. The average molecular weight is 263 g/mol. The van der Waals surface area contributed by atoms with Gasteiger partial charge in [0.25, 0.3) is 5.91 Å². The third-order valence-corrected chi connectivity index (χ3v) is 4.21. The van der Waals surface area contributed by atoms with E-state index in [0.717, 1.165) is 18.1 Å². The van der Waals surface area contributed by atoms with Crippen LogP contribution < -0.4 is 11.1 Å². The zero-order valence-electron chi connectivity index (χ0n) is 10.2. The molecule has 0 aliphatic heterocycles. The van der Waals surface area contributed by atoms with Crippen LogP contribution in [-0.2, 0) is 0 Å². The SMILES string of the molecule is C#Cc1c(N)nsc1C(=O)NCC1CCCCC1. The van der Waals surface area contributed by atoms with E-state index in [0.29, 0.717) is 16.4 Å². The van der Waals surface area contributed by atoms with E-state index in [1.54, 1.807) is 0 Å². The Hall–Kier alpha value is -1.54. The summed E-state index contributed by atoms with van der Waals surface area (Å²) in [5.74, 6) is 3.14. The van der Waals surface area contributed by atoms with Gasteiger partial charge in [0.1, 0.15) is 4.88 Å². The molecule has 1 fully saturated rings. The fourth-order valence-electron chi connectivity index (χ4n) is 2.31. The lowest BCUT2D eigenvalue weighted by Gasteiger charge is -2.21. The van der Waals surface area contributed by atoms with E-state index in [1.807, 2.05) is 0 Å². The summed E-state index contributed by atoms with van der Waals surface area (Å²) < 4.78 is 3.92. The number of nitrogens with one attached hydrogen (secondary N) is 1. The average Bonchev–Trinajstić information content (AvgIpc) is 2.78. The third-order valence-electron chi connectivity index (χ3n) is 3.35. The first-order chi connectivity index (χ1) is 8.72. The molecule has 1 heterocycles. The maximum atomic E-state index is 12.0. The van der Waals surface area contributed by atoms with Crippen LogP contribution in [0, 0.1) is 18.3 Å². The summed E-state index contributed by atoms with van der Waals surface area (Å²) in [7, 11) is 0. The van der Waals surface area contributed by atoms with Gasteiger partial charge in [-0.15, -0.1) is 6.42 Å². The Morgan fingerprint density at radius 3 is 2.89 bits per heavy atom. The van der Waals surface area contributed by atoms with Crippen molar-refractivity contribution in [3.63, 3.8) is 0 Å². The second-order valence-electron chi connectivity index (χ2n) is 4.63. The molecule has 2 rings (SSSR count). The molecule has 1 amide bonds. The van der Waals surface area contributed by atoms with Gasteiger partial charge in [0.15, 0.2) is 5.82 Å². The summed E-state index contributed by atoms with van der Waals surface area (Å²) in [5.41, 5.74) is 6.02. The van der Waals surface area contributed by atoms with Crippen LogP contribution >= 0.6 is 11.5 Å². The van der Waals surface area contributed by atoms with E-state index in [-0.39, 0.29) is 11.7 Å². The van der Waals surface area contributed by atoms with Crippen LogP contribution in [0.3, 0.4) is 0 Å². The van der Waals surface area contributed by atoms with Crippen LogP contribution in [0.2, 0.25) is 0 Å². The molecule has 1 aliphatic carbocycles. The number of hydrogen-bond donors (Lipinski definition) is 2. The first kappa shape index (κ1) is 12.9. The Bertz CT molecular complexity index is 469. The highest BCUT2D eigenvalue weighted by molar-refractivity contribution is 7.08. The largest absolute Gasteiger partial charge is 0.382 e. The molecule has 4 nitrogen and oxygen atoms in total. The van der Waals surface area contributed by atoms with Crippen molar-refractivity contribution in [2.24, 2.45) is 5.92 Å². The predicted octanol–water partition coefficient (Wildman–Crippen LogP) is 2.02. The number of hydrogen-bond acceptors (Lipinski definition) is 4. The maximum absolute atomic E-state index is 12.0. The highest BCUT2D eigenvalue weighted by atomic mass is 32.1. The van der Waals surface area contributed by atoms with E-state index in [1.165, 1.54) is 32.1 Å². The zero-order valence-corrected chi connectivity index (χ0v) is 11.1. The molecule has 3 N–H and O–H groups in total. The van der Waals surface area contributed by atoms with Crippen molar-refractivity contribution in [2.75, 3.05) is 12.3 Å². The van der Waals surface area contributed by atoms with Crippen LogP contribution in [0.5, 0.6) is 0 Å². The fourth-order valence-corrected chi connectivity index (χ4v) is 3.00. The number of nitrogens with two attached hydrogens (primary N) is 1. The highest BCUT2D eigenvalue weighted by Crippen LogP contribution is 2.23. The number of carbonyl (C=O) groups excluding carboxylic acids is 1. The molecule has 1 saturated carbocycles. The number of rotatable bonds is 3. The molecule has 0 radical (unpaired) electrons. The Morgan fingerprint density at radius 1 is 1.50 bits per heavy atom. The Kier molecular flexibility index (Phi) is 4.21. The molecule has 0 bridgehead atoms. The number of anilines is 1. The van der Waals surface area contributed by atoms with Crippen LogP contribution in [-0.4, -0.2) is 16.8 Å². The molecule has 18 heavy (non-hydrogen) atoms. The molecular formula is C13H17N3OS. The van der Waals surface area contributed by atoms with Crippen LogP contribution in [0.25, 0.3) is 0 Å². The molecule has 0 spiro atoms. The smallest absolute Gasteiger partial charge is 0.264 e. The van der Waals surface area contributed by atoms with Gasteiger partial charge >= 0.3 is 0 Å². The van der Waals surface area contributed by atoms with Gasteiger partial charge < -0.3 is 11.1 Å². The highest BCUT2D eigenvalue weighted by Gasteiger charge is 2.19. The van der Waals surface area contributed by atoms with Gasteiger partial charge in [0, 0.05) is 6.54 Å². The predicted molar refractivity (Wildman–Crippen MR) is 73.4 cm³/mol. The normalized spacial score (nSPS) is 16.2. The molecule has 1 aromatic rings. The molecule has 0 unspecified atom stereocenters. The van der Waals surface area contributed by atoms with Crippen molar-refractivity contribution < 1.29 is 4.79 Å². The maximum Gasteiger partial charge on any atom is 0.264 e. The Balaban J connectivity index is 1.93. The summed E-state index contributed by atoms with van der Waals surface area (Å²) >= 11 is 1.07. The molecule has 5 heteroatoms. The lowest BCUT2D eigenvalue weighted by molar-refractivity contribution is 0.0947. The van der Waals surface area contributed by atoms with E-state index in [4.69, 9.17) is 12.2 Å². The Labute approximate surface area is 111 Å². The third kappa shape index (κ3) is 2.82.